The summed E-state index contributed by atoms with van der Waals surface area (Å²) in [6.45, 7) is 12.8. The van der Waals surface area contributed by atoms with Gasteiger partial charge < -0.3 is 5.11 Å². The number of aryl methyl sites for hydroxylation is 1. The number of hydrogen-bond donors (Lipinski definition) is 1. The fourth-order valence-electron chi connectivity index (χ4n) is 1.21. The first kappa shape index (κ1) is 20.6. The zero-order chi connectivity index (χ0) is 15.6. The molecule has 0 atom stereocenters. The van der Waals surface area contributed by atoms with Gasteiger partial charge in [-0.05, 0) is 45.4 Å². The van der Waals surface area contributed by atoms with Gasteiger partial charge in [0.2, 0.25) is 0 Å². The zero-order valence-corrected chi connectivity index (χ0v) is 13.4. The van der Waals surface area contributed by atoms with Crippen LogP contribution in [-0.2, 0) is 6.42 Å². The van der Waals surface area contributed by atoms with Crippen molar-refractivity contribution in [1.82, 2.24) is 0 Å². The molecule has 0 amide bonds. The van der Waals surface area contributed by atoms with Crippen LogP contribution in [0.4, 0.5) is 0 Å². The molecule has 0 saturated carbocycles. The highest BCUT2D eigenvalue weighted by atomic mass is 16.2. The van der Waals surface area contributed by atoms with Crippen molar-refractivity contribution in [3.05, 3.63) is 60.8 Å². The third-order valence-corrected chi connectivity index (χ3v) is 2.32. The van der Waals surface area contributed by atoms with Crippen LogP contribution in [0.5, 0.6) is 0 Å². The lowest BCUT2D eigenvalue weighted by molar-refractivity contribution is -0.446. The number of benzene rings is 1. The van der Waals surface area contributed by atoms with Crippen LogP contribution in [0.25, 0.3) is 0 Å². The predicted molar refractivity (Wildman–Crippen MR) is 90.5 cm³/mol. The van der Waals surface area contributed by atoms with Gasteiger partial charge in [-0.2, -0.15) is 0 Å². The molecule has 0 spiro atoms. The van der Waals surface area contributed by atoms with E-state index in [1.165, 1.54) is 5.56 Å². The van der Waals surface area contributed by atoms with Gasteiger partial charge in [0.1, 0.15) is 6.54 Å². The van der Waals surface area contributed by atoms with Gasteiger partial charge in [-0.3, -0.25) is 0 Å². The minimum absolute atomic E-state index is 0.250. The van der Waals surface area contributed by atoms with Gasteiger partial charge in [-0.1, -0.05) is 43.3 Å². The zero-order valence-electron chi connectivity index (χ0n) is 13.4. The van der Waals surface area contributed by atoms with Crippen LogP contribution in [0.15, 0.2) is 55.3 Å². The molecule has 1 aromatic rings. The summed E-state index contributed by atoms with van der Waals surface area (Å²) in [6.07, 6.45) is 8.92. The number of nitrogens with zero attached hydrogens (tertiary/aromatic N) is 1. The van der Waals surface area contributed by atoms with Gasteiger partial charge in [0.25, 0.3) is 0 Å². The predicted octanol–water partition coefficient (Wildman–Crippen LogP) is 4.06. The maximum atomic E-state index is 7.57. The SMILES string of the molecule is C=C[N+](=C/C=C\C)CC.CCO.CCc1ccccc1. The maximum absolute atomic E-state index is 7.57. The van der Waals surface area contributed by atoms with Gasteiger partial charge in [0.05, 0.1) is 0 Å². The first-order valence-corrected chi connectivity index (χ1v) is 7.19. The number of aliphatic hydroxyl groups excluding tert-OH is 1. The summed E-state index contributed by atoms with van der Waals surface area (Å²) in [6, 6.07) is 10.5. The average molecular weight is 276 g/mol. The Morgan fingerprint density at radius 1 is 1.15 bits per heavy atom. The van der Waals surface area contributed by atoms with Crippen molar-refractivity contribution in [3.63, 3.8) is 0 Å². The van der Waals surface area contributed by atoms with E-state index in [4.69, 9.17) is 5.11 Å². The van der Waals surface area contributed by atoms with E-state index in [1.54, 1.807) is 13.1 Å². The van der Waals surface area contributed by atoms with Gasteiger partial charge in [0, 0.05) is 6.61 Å². The molecule has 1 N–H and O–H groups in total. The summed E-state index contributed by atoms with van der Waals surface area (Å²) in [7, 11) is 0. The molecular weight excluding hydrogens is 246 g/mol. The molecule has 0 aliphatic rings. The van der Waals surface area contributed by atoms with E-state index >= 15 is 0 Å². The lowest BCUT2D eigenvalue weighted by atomic mass is 10.2. The lowest BCUT2D eigenvalue weighted by Gasteiger charge is -1.89. The normalized spacial score (nSPS) is 10.2. The van der Waals surface area contributed by atoms with Crippen molar-refractivity contribution in [3.8, 4) is 0 Å². The molecule has 0 heterocycles. The van der Waals surface area contributed by atoms with Crippen molar-refractivity contribution in [1.29, 1.82) is 0 Å². The standard InChI is InChI=1S/C8H14N.C8H10.C2H6O/c1-4-7-8-9(5-2)6-3;1-2-8-6-4-3-5-7-8;1-2-3/h4-5,7-8H,2,6H2,1,3H3;3-7H,2H2,1H3;3H,2H2,1H3/q+1;;/b7-4-,9-8?;;. The van der Waals surface area contributed by atoms with E-state index < -0.39 is 0 Å². The van der Waals surface area contributed by atoms with Crippen LogP contribution in [0, 0.1) is 0 Å². The number of allylic oxidation sites excluding steroid dienone is 2. The highest BCUT2D eigenvalue weighted by molar-refractivity contribution is 5.66. The first-order chi connectivity index (χ1) is 9.69. The van der Waals surface area contributed by atoms with Crippen LogP contribution in [0.2, 0.25) is 0 Å². The minimum atomic E-state index is 0.250. The van der Waals surface area contributed by atoms with E-state index in [-0.39, 0.29) is 6.61 Å². The van der Waals surface area contributed by atoms with E-state index in [9.17, 15) is 0 Å². The van der Waals surface area contributed by atoms with Gasteiger partial charge >= 0.3 is 0 Å². The van der Waals surface area contributed by atoms with Crippen molar-refractivity contribution < 1.29 is 9.68 Å². The maximum Gasteiger partial charge on any atom is 0.168 e. The highest BCUT2D eigenvalue weighted by Crippen LogP contribution is 1.96. The van der Waals surface area contributed by atoms with Gasteiger partial charge in [-0.15, -0.1) is 0 Å². The summed E-state index contributed by atoms with van der Waals surface area (Å²) in [5.41, 5.74) is 1.41. The Labute approximate surface area is 124 Å². The first-order valence-electron chi connectivity index (χ1n) is 7.19. The molecule has 0 aliphatic heterocycles. The second kappa shape index (κ2) is 17.3. The highest BCUT2D eigenvalue weighted by Gasteiger charge is 1.85. The van der Waals surface area contributed by atoms with Crippen LogP contribution < -0.4 is 0 Å². The molecule has 0 bridgehead atoms. The Bertz CT molecular complexity index is 366. The molecule has 0 unspecified atom stereocenters. The smallest absolute Gasteiger partial charge is 0.168 e. The molecule has 0 aromatic heterocycles. The van der Waals surface area contributed by atoms with Crippen molar-refractivity contribution in [2.45, 2.75) is 34.1 Å². The molecule has 2 nitrogen and oxygen atoms in total. The molecule has 0 fully saturated rings. The number of hydrogen-bond acceptors (Lipinski definition) is 1. The fraction of sp³-hybridized carbons (Fsp3) is 0.389. The molecule has 0 aliphatic carbocycles. The van der Waals surface area contributed by atoms with Crippen LogP contribution in [0.1, 0.15) is 33.3 Å². The molecular formula is C18H30NO+. The summed E-state index contributed by atoms with van der Waals surface area (Å²) in [5.74, 6) is 0. The molecule has 2 heteroatoms. The Morgan fingerprint density at radius 2 is 1.70 bits per heavy atom. The largest absolute Gasteiger partial charge is 0.397 e. The van der Waals surface area contributed by atoms with Gasteiger partial charge in [0.15, 0.2) is 12.4 Å². The van der Waals surface area contributed by atoms with Crippen molar-refractivity contribution in [2.75, 3.05) is 13.2 Å². The third kappa shape index (κ3) is 14.4. The topological polar surface area (TPSA) is 23.2 Å². The lowest BCUT2D eigenvalue weighted by Crippen LogP contribution is -2.01. The molecule has 112 valence electrons. The fourth-order valence-corrected chi connectivity index (χ4v) is 1.21. The van der Waals surface area contributed by atoms with Gasteiger partial charge in [-0.25, -0.2) is 4.58 Å². The van der Waals surface area contributed by atoms with Crippen LogP contribution in [-0.4, -0.2) is 29.0 Å². The summed E-state index contributed by atoms with van der Waals surface area (Å²) in [4.78, 5) is 0. The molecule has 0 saturated heterocycles. The number of rotatable bonds is 4. The van der Waals surface area contributed by atoms with E-state index in [0.717, 1.165) is 13.0 Å². The Hall–Kier alpha value is -1.67. The van der Waals surface area contributed by atoms with Crippen molar-refractivity contribution in [2.24, 2.45) is 0 Å². The van der Waals surface area contributed by atoms with E-state index in [2.05, 4.69) is 44.7 Å². The van der Waals surface area contributed by atoms with Crippen LogP contribution >= 0.6 is 0 Å². The molecule has 0 radical (unpaired) electrons. The van der Waals surface area contributed by atoms with Crippen molar-refractivity contribution >= 4 is 6.21 Å². The van der Waals surface area contributed by atoms with Crippen LogP contribution in [0.3, 0.4) is 0 Å². The second-order valence-electron chi connectivity index (χ2n) is 3.84. The Kier molecular flexibility index (Phi) is 17.9. The molecule has 20 heavy (non-hydrogen) atoms. The average Bonchev–Trinajstić information content (AvgIpc) is 2.51. The quantitative estimate of drug-likeness (QED) is 0.650. The molecule has 1 aromatic carbocycles. The number of aliphatic hydroxyl groups is 1. The Balaban J connectivity index is 0. The minimum Gasteiger partial charge on any atom is -0.397 e. The summed E-state index contributed by atoms with van der Waals surface area (Å²) in [5, 5.41) is 7.57. The van der Waals surface area contributed by atoms with E-state index in [1.807, 2.05) is 35.9 Å². The summed E-state index contributed by atoms with van der Waals surface area (Å²) < 4.78 is 2.01. The monoisotopic (exact) mass is 276 g/mol. The third-order valence-electron chi connectivity index (χ3n) is 2.32. The van der Waals surface area contributed by atoms with E-state index in [0.29, 0.717) is 0 Å². The summed E-state index contributed by atoms with van der Waals surface area (Å²) >= 11 is 0. The second-order valence-corrected chi connectivity index (χ2v) is 3.84. The Morgan fingerprint density at radius 3 is 2.00 bits per heavy atom. The molecule has 1 rings (SSSR count).